The van der Waals surface area contributed by atoms with Gasteiger partial charge in [-0.2, -0.15) is 0 Å². The molecule has 0 radical (unpaired) electrons. The normalized spacial score (nSPS) is 12.7. The van der Waals surface area contributed by atoms with Crippen molar-refractivity contribution in [2.45, 2.75) is 19.9 Å². The van der Waals surface area contributed by atoms with Gasteiger partial charge >= 0.3 is 5.76 Å². The second-order valence-corrected chi connectivity index (χ2v) is 2.75. The molecular formula is C6H12BrN3O2. The highest BCUT2D eigenvalue weighted by Crippen LogP contribution is 2.12. The van der Waals surface area contributed by atoms with Crippen LogP contribution in [-0.2, 0) is 0 Å². The molecule has 5 nitrogen and oxygen atoms in total. The first-order chi connectivity index (χ1) is 5.11. The summed E-state index contributed by atoms with van der Waals surface area (Å²) in [5, 5.41) is 3.47. The topological polar surface area (TPSA) is 84.9 Å². The van der Waals surface area contributed by atoms with E-state index in [0.717, 1.165) is 0 Å². The van der Waals surface area contributed by atoms with E-state index in [9.17, 15) is 4.79 Å². The van der Waals surface area contributed by atoms with Crippen molar-refractivity contribution in [2.75, 3.05) is 0 Å². The third-order valence-corrected chi connectivity index (χ3v) is 1.49. The van der Waals surface area contributed by atoms with Crippen LogP contribution in [0.4, 0.5) is 0 Å². The molecule has 3 N–H and O–H groups in total. The predicted molar refractivity (Wildman–Crippen MR) is 49.2 cm³/mol. The van der Waals surface area contributed by atoms with Crippen molar-refractivity contribution >= 4 is 17.0 Å². The summed E-state index contributed by atoms with van der Waals surface area (Å²) in [6, 6.07) is -0.263. The van der Waals surface area contributed by atoms with E-state index in [2.05, 4.69) is 14.7 Å². The van der Waals surface area contributed by atoms with Gasteiger partial charge in [0.25, 0.3) is 0 Å². The van der Waals surface area contributed by atoms with Crippen molar-refractivity contribution in [1.29, 1.82) is 0 Å². The molecule has 1 heterocycles. The van der Waals surface area contributed by atoms with Crippen LogP contribution in [0, 0.1) is 5.92 Å². The SMILES string of the molecule is Br.CC(C)[C@@H](N)c1noc(=O)[nH]1. The lowest BCUT2D eigenvalue weighted by molar-refractivity contribution is 0.369. The fourth-order valence-electron chi connectivity index (χ4n) is 0.701. The summed E-state index contributed by atoms with van der Waals surface area (Å²) in [4.78, 5) is 12.9. The number of hydrogen-bond donors (Lipinski definition) is 2. The molecule has 70 valence electrons. The van der Waals surface area contributed by atoms with E-state index in [0.29, 0.717) is 5.82 Å². The van der Waals surface area contributed by atoms with E-state index in [1.165, 1.54) is 0 Å². The predicted octanol–water partition coefficient (Wildman–Crippen LogP) is 0.597. The molecule has 12 heavy (non-hydrogen) atoms. The maximum Gasteiger partial charge on any atom is 0.438 e. The van der Waals surface area contributed by atoms with Crippen LogP contribution in [0.15, 0.2) is 9.32 Å². The zero-order chi connectivity index (χ0) is 8.43. The average Bonchev–Trinajstić information content (AvgIpc) is 2.34. The van der Waals surface area contributed by atoms with E-state index in [4.69, 9.17) is 5.73 Å². The Morgan fingerprint density at radius 2 is 2.17 bits per heavy atom. The minimum Gasteiger partial charge on any atom is -0.321 e. The van der Waals surface area contributed by atoms with Crippen molar-refractivity contribution in [1.82, 2.24) is 10.1 Å². The lowest BCUT2D eigenvalue weighted by atomic mass is 10.1. The molecule has 0 spiro atoms. The smallest absolute Gasteiger partial charge is 0.321 e. The number of nitrogens with one attached hydrogen (secondary N) is 1. The van der Waals surface area contributed by atoms with Crippen LogP contribution >= 0.6 is 17.0 Å². The second kappa shape index (κ2) is 4.42. The van der Waals surface area contributed by atoms with Crippen LogP contribution in [0.3, 0.4) is 0 Å². The Hall–Kier alpha value is -0.620. The number of nitrogens with zero attached hydrogens (tertiary/aromatic N) is 1. The number of nitrogens with two attached hydrogens (primary N) is 1. The fourth-order valence-corrected chi connectivity index (χ4v) is 0.701. The van der Waals surface area contributed by atoms with Gasteiger partial charge in [-0.1, -0.05) is 19.0 Å². The van der Waals surface area contributed by atoms with E-state index < -0.39 is 5.76 Å². The Morgan fingerprint density at radius 3 is 2.50 bits per heavy atom. The summed E-state index contributed by atoms with van der Waals surface area (Å²) >= 11 is 0. The molecule has 1 rings (SSSR count). The molecule has 0 saturated heterocycles. The van der Waals surface area contributed by atoms with Gasteiger partial charge in [0.1, 0.15) is 0 Å². The molecule has 1 atom stereocenters. The molecular weight excluding hydrogens is 226 g/mol. The van der Waals surface area contributed by atoms with Crippen LogP contribution in [-0.4, -0.2) is 10.1 Å². The molecule has 0 fully saturated rings. The molecule has 0 aliphatic carbocycles. The maximum atomic E-state index is 10.5. The number of aromatic nitrogens is 2. The Kier molecular flexibility index (Phi) is 4.19. The van der Waals surface area contributed by atoms with Gasteiger partial charge in [0.05, 0.1) is 6.04 Å². The lowest BCUT2D eigenvalue weighted by Crippen LogP contribution is -2.18. The maximum absolute atomic E-state index is 10.5. The van der Waals surface area contributed by atoms with Crippen molar-refractivity contribution in [3.05, 3.63) is 16.4 Å². The van der Waals surface area contributed by atoms with Gasteiger partial charge < -0.3 is 5.73 Å². The van der Waals surface area contributed by atoms with Crippen molar-refractivity contribution in [2.24, 2.45) is 11.7 Å². The Morgan fingerprint density at radius 1 is 1.58 bits per heavy atom. The molecule has 0 aliphatic rings. The lowest BCUT2D eigenvalue weighted by Gasteiger charge is -2.09. The first-order valence-corrected chi connectivity index (χ1v) is 3.42. The van der Waals surface area contributed by atoms with E-state index >= 15 is 0 Å². The molecule has 0 unspecified atom stereocenters. The fraction of sp³-hybridized carbons (Fsp3) is 0.667. The minimum absolute atomic E-state index is 0. The average molecular weight is 238 g/mol. The Bertz CT molecular complexity index is 280. The zero-order valence-electron chi connectivity index (χ0n) is 6.90. The third-order valence-electron chi connectivity index (χ3n) is 1.49. The standard InChI is InChI=1S/C6H11N3O2.BrH/c1-3(2)4(7)5-8-6(10)11-9-5;/h3-4H,7H2,1-2H3,(H,8,9,10);1H/t4-;/m1./s1. The molecule has 0 amide bonds. The molecule has 1 aromatic rings. The second-order valence-electron chi connectivity index (χ2n) is 2.75. The van der Waals surface area contributed by atoms with Crippen LogP contribution in [0.5, 0.6) is 0 Å². The molecule has 0 aromatic carbocycles. The first kappa shape index (κ1) is 11.4. The highest BCUT2D eigenvalue weighted by molar-refractivity contribution is 8.93. The summed E-state index contributed by atoms with van der Waals surface area (Å²) in [6.45, 7) is 3.88. The highest BCUT2D eigenvalue weighted by atomic mass is 79.9. The van der Waals surface area contributed by atoms with Gasteiger partial charge in [0, 0.05) is 0 Å². The minimum atomic E-state index is -0.559. The molecule has 0 aliphatic heterocycles. The summed E-state index contributed by atoms with van der Waals surface area (Å²) in [5.41, 5.74) is 5.66. The van der Waals surface area contributed by atoms with E-state index in [1.807, 2.05) is 13.8 Å². The monoisotopic (exact) mass is 237 g/mol. The van der Waals surface area contributed by atoms with Gasteiger partial charge in [0.2, 0.25) is 0 Å². The van der Waals surface area contributed by atoms with Crippen LogP contribution in [0.25, 0.3) is 0 Å². The van der Waals surface area contributed by atoms with E-state index in [-0.39, 0.29) is 28.9 Å². The summed E-state index contributed by atoms with van der Waals surface area (Å²) in [7, 11) is 0. The molecule has 0 saturated carbocycles. The molecule has 0 bridgehead atoms. The quantitative estimate of drug-likeness (QED) is 0.789. The van der Waals surface area contributed by atoms with Crippen molar-refractivity contribution in [3.63, 3.8) is 0 Å². The van der Waals surface area contributed by atoms with Gasteiger partial charge in [-0.3, -0.25) is 9.51 Å². The van der Waals surface area contributed by atoms with Gasteiger partial charge in [-0.05, 0) is 5.92 Å². The Balaban J connectivity index is 0.00000121. The zero-order valence-corrected chi connectivity index (χ0v) is 8.62. The molecule has 1 aromatic heterocycles. The third kappa shape index (κ3) is 2.46. The van der Waals surface area contributed by atoms with Crippen LogP contribution < -0.4 is 11.5 Å². The first-order valence-electron chi connectivity index (χ1n) is 3.42. The van der Waals surface area contributed by atoms with Gasteiger partial charge in [-0.15, -0.1) is 17.0 Å². The summed E-state index contributed by atoms with van der Waals surface area (Å²) in [5.74, 6) is 0.0804. The molecule has 6 heteroatoms. The number of hydrogen-bond acceptors (Lipinski definition) is 4. The number of rotatable bonds is 2. The highest BCUT2D eigenvalue weighted by Gasteiger charge is 2.14. The van der Waals surface area contributed by atoms with Crippen LogP contribution in [0.2, 0.25) is 0 Å². The number of H-pyrrole nitrogens is 1. The number of aromatic amines is 1. The van der Waals surface area contributed by atoms with Crippen LogP contribution in [0.1, 0.15) is 25.7 Å². The van der Waals surface area contributed by atoms with Gasteiger partial charge in [0.15, 0.2) is 5.82 Å². The van der Waals surface area contributed by atoms with E-state index in [1.54, 1.807) is 0 Å². The number of halogens is 1. The van der Waals surface area contributed by atoms with Gasteiger partial charge in [-0.25, -0.2) is 4.79 Å². The summed E-state index contributed by atoms with van der Waals surface area (Å²) in [6.07, 6.45) is 0. The van der Waals surface area contributed by atoms with Crippen molar-refractivity contribution in [3.8, 4) is 0 Å². The Labute approximate surface area is 80.1 Å². The largest absolute Gasteiger partial charge is 0.438 e. The summed E-state index contributed by atoms with van der Waals surface area (Å²) < 4.78 is 4.29. The van der Waals surface area contributed by atoms with Crippen molar-refractivity contribution < 1.29 is 4.52 Å².